The Morgan fingerprint density at radius 1 is 0.558 bits per heavy atom. The highest BCUT2D eigenvalue weighted by Crippen LogP contribution is 2.54. The molecule has 2 rings (SSSR count). The zero-order chi connectivity index (χ0) is 40.9. The largest absolute Gasteiger partial charge is 0.394 e. The van der Waals surface area contributed by atoms with Gasteiger partial charge in [0.05, 0.1) is 13.2 Å². The maximum atomic E-state index is 14.0. The first-order valence-electron chi connectivity index (χ1n) is 15.5. The van der Waals surface area contributed by atoms with Gasteiger partial charge >= 0.3 is 0 Å². The van der Waals surface area contributed by atoms with E-state index >= 15 is 0 Å². The van der Waals surface area contributed by atoms with Gasteiger partial charge in [-0.25, -0.2) is 0 Å². The van der Waals surface area contributed by atoms with Crippen LogP contribution in [0.3, 0.4) is 0 Å². The van der Waals surface area contributed by atoms with Gasteiger partial charge in [0, 0.05) is 0 Å². The number of Topliss-reactive ketones (excluding diaryl/α,β-unsaturated/α-hetero) is 8. The molecular weight excluding hydrogens is 708 g/mol. The Hall–Kier alpha value is -3.16. The summed E-state index contributed by atoms with van der Waals surface area (Å²) in [4.78, 5) is 105. The summed E-state index contributed by atoms with van der Waals surface area (Å²) in [7, 11) is 0. The van der Waals surface area contributed by atoms with E-state index in [-0.39, 0.29) is 0 Å². The van der Waals surface area contributed by atoms with Gasteiger partial charge < -0.3 is 64.9 Å². The Kier molecular flexibility index (Phi) is 12.9. The molecule has 0 aromatic rings. The highest BCUT2D eigenvalue weighted by Gasteiger charge is 2.85. The second-order valence-electron chi connectivity index (χ2n) is 13.0. The number of ketones is 8. The summed E-state index contributed by atoms with van der Waals surface area (Å²) in [6.07, 6.45) is -19.2. The predicted molar refractivity (Wildman–Crippen MR) is 162 cm³/mol. The van der Waals surface area contributed by atoms with Crippen LogP contribution in [0.2, 0.25) is 0 Å². The Bertz CT molecular complexity index is 1530. The fourth-order valence-electron chi connectivity index (χ4n) is 6.75. The van der Waals surface area contributed by atoms with Crippen molar-refractivity contribution in [2.75, 3.05) is 13.2 Å². The smallest absolute Gasteiger partial charge is 0.218 e. The molecule has 2 heterocycles. The highest BCUT2D eigenvalue weighted by atomic mass is 16.8. The summed E-state index contributed by atoms with van der Waals surface area (Å²) in [6, 6.07) is 0. The fraction of sp³-hybridized carbons (Fsp3) is 0.742. The lowest BCUT2D eigenvalue weighted by molar-refractivity contribution is -0.435. The Balaban J connectivity index is 3.31. The molecule has 13 atom stereocenters. The third-order valence-electron chi connectivity index (χ3n) is 9.73. The van der Waals surface area contributed by atoms with E-state index in [1.54, 1.807) is 0 Å². The van der Waals surface area contributed by atoms with Crippen LogP contribution in [-0.2, 0) is 57.3 Å². The lowest BCUT2D eigenvalue weighted by Crippen LogP contribution is -2.91. The monoisotopic (exact) mass is 752 g/mol. The normalized spacial score (nSPS) is 39.5. The van der Waals surface area contributed by atoms with Crippen molar-refractivity contribution in [2.45, 2.75) is 132 Å². The fourth-order valence-corrected chi connectivity index (χ4v) is 6.75. The van der Waals surface area contributed by atoms with Gasteiger partial charge in [-0.2, -0.15) is 0 Å². The summed E-state index contributed by atoms with van der Waals surface area (Å²) in [5.74, 6) is -13.4. The van der Waals surface area contributed by atoms with Crippen molar-refractivity contribution in [3.8, 4) is 0 Å². The van der Waals surface area contributed by atoms with E-state index in [9.17, 15) is 84.3 Å². The van der Waals surface area contributed by atoms with E-state index < -0.39 is 136 Å². The molecule has 0 radical (unpaired) electrons. The van der Waals surface area contributed by atoms with Crippen LogP contribution in [0.5, 0.6) is 0 Å². The average molecular weight is 753 g/mol. The van der Waals surface area contributed by atoms with Crippen LogP contribution in [-0.4, -0.2) is 182 Å². The minimum Gasteiger partial charge on any atom is -0.394 e. The molecule has 0 aromatic heterocycles. The predicted octanol–water partition coefficient (Wildman–Crippen LogP) is -6.35. The first-order chi connectivity index (χ1) is 23.5. The van der Waals surface area contributed by atoms with E-state index in [4.69, 9.17) is 18.9 Å². The zero-order valence-electron chi connectivity index (χ0n) is 29.4. The first kappa shape index (κ1) is 45.0. The Morgan fingerprint density at radius 2 is 0.923 bits per heavy atom. The van der Waals surface area contributed by atoms with Gasteiger partial charge in [-0.1, -0.05) is 0 Å². The minimum atomic E-state index is -4.23. The molecule has 0 bridgehead atoms. The molecule has 9 N–H and O–H groups in total. The van der Waals surface area contributed by atoms with Gasteiger partial charge in [0.1, 0.15) is 30.5 Å². The molecular formula is C31H44O21. The molecule has 21 nitrogen and oxygen atoms in total. The molecule has 294 valence electrons. The minimum absolute atomic E-state index is 0.418. The van der Waals surface area contributed by atoms with Crippen molar-refractivity contribution in [3.63, 3.8) is 0 Å². The third kappa shape index (κ3) is 5.93. The third-order valence-corrected chi connectivity index (χ3v) is 9.73. The van der Waals surface area contributed by atoms with Crippen LogP contribution in [0.15, 0.2) is 0 Å². The summed E-state index contributed by atoms with van der Waals surface area (Å²) in [5, 5.41) is 101. The number of aliphatic hydroxyl groups is 9. The standard InChI is InChI=1S/C31H44O21/c1-11(33)20(42)22-26(44,13(3)35)30(47,17(7)39)28(46,15(5)37)24(50-22)52-29(16(6)38)25(49-10-19(41)9-32)51-23(21(43)12(2)34)27(45,14(4)36)31(29,48)18(8)40/h19-25,32,41-48H,9-10H2,1-8H3/t19?,20?,21?,22-,23-,24?,25?,26+,27+,28+,29+,30+,31+/m1/s1. The molecule has 0 saturated carbocycles. The topological polar surface area (TPSA) is 356 Å². The molecule has 2 aliphatic heterocycles. The van der Waals surface area contributed by atoms with Gasteiger partial charge in [-0.05, 0) is 55.4 Å². The lowest BCUT2D eigenvalue weighted by atomic mass is 9.58. The molecule has 0 aliphatic carbocycles. The molecule has 2 saturated heterocycles. The van der Waals surface area contributed by atoms with E-state index in [2.05, 4.69) is 0 Å². The van der Waals surface area contributed by atoms with Crippen LogP contribution in [0.1, 0.15) is 55.4 Å². The van der Waals surface area contributed by atoms with Gasteiger partial charge in [-0.15, -0.1) is 0 Å². The summed E-state index contributed by atoms with van der Waals surface area (Å²) >= 11 is 0. The molecule has 5 unspecified atom stereocenters. The second-order valence-corrected chi connectivity index (χ2v) is 13.0. The number of ether oxygens (including phenoxy) is 4. The van der Waals surface area contributed by atoms with Crippen LogP contribution in [0, 0.1) is 0 Å². The quantitative estimate of drug-likeness (QED) is 0.0708. The van der Waals surface area contributed by atoms with Gasteiger partial charge in [0.15, 0.2) is 70.0 Å². The van der Waals surface area contributed by atoms with Gasteiger partial charge in [0.25, 0.3) is 0 Å². The lowest BCUT2D eigenvalue weighted by Gasteiger charge is -2.63. The Labute approximate surface area is 295 Å². The van der Waals surface area contributed by atoms with Crippen molar-refractivity contribution in [1.29, 1.82) is 0 Å². The molecule has 21 heteroatoms. The Morgan fingerprint density at radius 3 is 1.23 bits per heavy atom. The SMILES string of the molecule is CC(=O)C(O)[C@H]1OC(O[C@@]2(C(C)=O)C(OCC(O)CO)O[C@H](C(O)C(C)=O)[C@@](O)(C(C)=O)[C@@]2(O)C(C)=O)[C@@](O)(C(C)=O)[C@](O)(C(C)=O)[C@]1(O)C(C)=O. The molecule has 0 aromatic carbocycles. The van der Waals surface area contributed by atoms with Crippen molar-refractivity contribution >= 4 is 46.3 Å². The molecule has 2 fully saturated rings. The second kappa shape index (κ2) is 14.9. The maximum absolute atomic E-state index is 14.0. The van der Waals surface area contributed by atoms with E-state index in [1.807, 2.05) is 0 Å². The van der Waals surface area contributed by atoms with Crippen LogP contribution >= 0.6 is 0 Å². The number of carbonyl (C=O) groups is 8. The van der Waals surface area contributed by atoms with E-state index in [1.165, 1.54) is 0 Å². The van der Waals surface area contributed by atoms with Gasteiger partial charge in [-0.3, -0.25) is 38.4 Å². The van der Waals surface area contributed by atoms with Crippen molar-refractivity contribution in [1.82, 2.24) is 0 Å². The number of hydrogen-bond acceptors (Lipinski definition) is 21. The molecule has 52 heavy (non-hydrogen) atoms. The van der Waals surface area contributed by atoms with Crippen LogP contribution in [0.4, 0.5) is 0 Å². The summed E-state index contributed by atoms with van der Waals surface area (Å²) < 4.78 is 21.9. The summed E-state index contributed by atoms with van der Waals surface area (Å²) in [5.41, 5.74) is -24.5. The number of aliphatic hydroxyl groups excluding tert-OH is 4. The van der Waals surface area contributed by atoms with Gasteiger partial charge in [0.2, 0.25) is 22.4 Å². The zero-order valence-corrected chi connectivity index (χ0v) is 29.4. The van der Waals surface area contributed by atoms with Crippen LogP contribution in [0.25, 0.3) is 0 Å². The first-order valence-corrected chi connectivity index (χ1v) is 15.5. The van der Waals surface area contributed by atoms with Crippen molar-refractivity contribution < 1.29 is 103 Å². The van der Waals surface area contributed by atoms with E-state index in [0.717, 1.165) is 0 Å². The molecule has 0 spiro atoms. The van der Waals surface area contributed by atoms with Crippen molar-refractivity contribution in [2.24, 2.45) is 0 Å². The van der Waals surface area contributed by atoms with Crippen molar-refractivity contribution in [3.05, 3.63) is 0 Å². The number of rotatable bonds is 16. The molecule has 0 amide bonds. The van der Waals surface area contributed by atoms with Crippen LogP contribution < -0.4 is 0 Å². The number of carbonyl (C=O) groups excluding carboxylic acids is 8. The highest BCUT2D eigenvalue weighted by molar-refractivity contribution is 6.07. The number of hydrogen-bond donors (Lipinski definition) is 9. The van der Waals surface area contributed by atoms with E-state index in [0.29, 0.717) is 55.4 Å². The molecule has 2 aliphatic rings. The average Bonchev–Trinajstić information content (AvgIpc) is 3.04. The summed E-state index contributed by atoms with van der Waals surface area (Å²) in [6.45, 7) is 1.83. The maximum Gasteiger partial charge on any atom is 0.218 e.